The van der Waals surface area contributed by atoms with Gasteiger partial charge in [0, 0.05) is 31.5 Å². The van der Waals surface area contributed by atoms with Crippen LogP contribution in [0.15, 0.2) is 24.5 Å². The maximum atomic E-state index is 13.8. The molecular weight excluding hydrogens is 295 g/mol. The molecule has 6 heteroatoms. The van der Waals surface area contributed by atoms with Crippen molar-refractivity contribution in [2.24, 2.45) is 11.8 Å². The van der Waals surface area contributed by atoms with Gasteiger partial charge >= 0.3 is 0 Å². The third kappa shape index (κ3) is 2.67. The first-order valence-electron chi connectivity index (χ1n) is 8.12. The summed E-state index contributed by atoms with van der Waals surface area (Å²) in [7, 11) is 0. The molecule has 0 saturated carbocycles. The minimum atomic E-state index is -0.447. The Balaban J connectivity index is 1.64. The van der Waals surface area contributed by atoms with Gasteiger partial charge in [-0.15, -0.1) is 0 Å². The first-order chi connectivity index (χ1) is 11.2. The number of carbonyl (C=O) groups is 1. The van der Waals surface area contributed by atoms with Gasteiger partial charge in [0.15, 0.2) is 0 Å². The van der Waals surface area contributed by atoms with E-state index in [9.17, 15) is 9.18 Å². The van der Waals surface area contributed by atoms with Crippen LogP contribution in [0.25, 0.3) is 11.0 Å². The van der Waals surface area contributed by atoms with E-state index >= 15 is 0 Å². The van der Waals surface area contributed by atoms with Gasteiger partial charge < -0.3 is 10.2 Å². The van der Waals surface area contributed by atoms with E-state index in [4.69, 9.17) is 0 Å². The summed E-state index contributed by atoms with van der Waals surface area (Å²) in [5.74, 6) is 0.717. The van der Waals surface area contributed by atoms with Gasteiger partial charge in [-0.2, -0.15) is 0 Å². The van der Waals surface area contributed by atoms with E-state index in [-0.39, 0.29) is 5.91 Å². The lowest BCUT2D eigenvalue weighted by Crippen LogP contribution is -2.33. The molecule has 4 rings (SSSR count). The van der Waals surface area contributed by atoms with E-state index in [0.29, 0.717) is 28.4 Å². The normalized spacial score (nSPS) is 24.5. The molecule has 120 valence electrons. The molecule has 0 unspecified atom stereocenters. The second-order valence-electron chi connectivity index (χ2n) is 6.43. The predicted molar refractivity (Wildman–Crippen MR) is 84.5 cm³/mol. The summed E-state index contributed by atoms with van der Waals surface area (Å²) in [4.78, 5) is 23.1. The molecule has 0 bridgehead atoms. The van der Waals surface area contributed by atoms with Crippen molar-refractivity contribution in [3.63, 3.8) is 0 Å². The van der Waals surface area contributed by atoms with Gasteiger partial charge in [-0.3, -0.25) is 14.8 Å². The lowest BCUT2D eigenvalue weighted by molar-refractivity contribution is 0.0760. The number of benzene rings is 1. The van der Waals surface area contributed by atoms with Gasteiger partial charge in [0.2, 0.25) is 0 Å². The Morgan fingerprint density at radius 1 is 1.13 bits per heavy atom. The molecule has 1 aromatic heterocycles. The number of nitrogens with zero attached hydrogens (tertiary/aromatic N) is 3. The van der Waals surface area contributed by atoms with Crippen LogP contribution in [-0.4, -0.2) is 47.0 Å². The van der Waals surface area contributed by atoms with E-state index in [2.05, 4.69) is 15.3 Å². The van der Waals surface area contributed by atoms with Gasteiger partial charge in [0.1, 0.15) is 11.3 Å². The van der Waals surface area contributed by atoms with Crippen molar-refractivity contribution in [2.75, 3.05) is 26.2 Å². The molecule has 2 aliphatic rings. The summed E-state index contributed by atoms with van der Waals surface area (Å²) >= 11 is 0. The van der Waals surface area contributed by atoms with Gasteiger partial charge in [0.05, 0.1) is 11.1 Å². The number of aromatic nitrogens is 2. The second-order valence-corrected chi connectivity index (χ2v) is 6.43. The zero-order chi connectivity index (χ0) is 15.8. The Morgan fingerprint density at radius 3 is 2.57 bits per heavy atom. The number of fused-ring (bicyclic) bond motifs is 2. The predicted octanol–water partition coefficient (Wildman–Crippen LogP) is 1.84. The highest BCUT2D eigenvalue weighted by molar-refractivity contribution is 6.04. The highest BCUT2D eigenvalue weighted by Crippen LogP contribution is 2.28. The van der Waals surface area contributed by atoms with Crippen LogP contribution in [0.5, 0.6) is 0 Å². The molecule has 2 aromatic rings. The number of hydrogen-bond acceptors (Lipinski definition) is 4. The van der Waals surface area contributed by atoms with Crippen molar-refractivity contribution < 1.29 is 9.18 Å². The van der Waals surface area contributed by atoms with Crippen molar-refractivity contribution in [1.82, 2.24) is 20.2 Å². The van der Waals surface area contributed by atoms with Gasteiger partial charge in [-0.25, -0.2) is 4.39 Å². The van der Waals surface area contributed by atoms with Crippen molar-refractivity contribution in [1.29, 1.82) is 0 Å². The smallest absolute Gasteiger partial charge is 0.256 e. The second kappa shape index (κ2) is 5.85. The van der Waals surface area contributed by atoms with Crippen LogP contribution in [0.2, 0.25) is 0 Å². The van der Waals surface area contributed by atoms with E-state index < -0.39 is 5.82 Å². The summed E-state index contributed by atoms with van der Waals surface area (Å²) in [5.41, 5.74) is 1.22. The van der Waals surface area contributed by atoms with Gasteiger partial charge in [0.25, 0.3) is 5.91 Å². The monoisotopic (exact) mass is 314 g/mol. The molecule has 2 fully saturated rings. The van der Waals surface area contributed by atoms with Gasteiger partial charge in [-0.1, -0.05) is 0 Å². The van der Waals surface area contributed by atoms with Crippen LogP contribution in [0.1, 0.15) is 23.2 Å². The third-order valence-electron chi connectivity index (χ3n) is 5.08. The fraction of sp³-hybridized carbons (Fsp3) is 0.471. The number of hydrogen-bond donors (Lipinski definition) is 1. The summed E-state index contributed by atoms with van der Waals surface area (Å²) in [6.07, 6.45) is 5.05. The average molecular weight is 314 g/mol. The molecule has 1 N–H and O–H groups in total. The van der Waals surface area contributed by atoms with Crippen LogP contribution >= 0.6 is 0 Å². The number of nitrogens with one attached hydrogen (secondary N) is 1. The van der Waals surface area contributed by atoms with Crippen LogP contribution in [0, 0.1) is 17.7 Å². The molecule has 0 spiro atoms. The topological polar surface area (TPSA) is 58.1 Å². The summed E-state index contributed by atoms with van der Waals surface area (Å²) < 4.78 is 13.8. The molecule has 0 aliphatic carbocycles. The van der Waals surface area contributed by atoms with Crippen molar-refractivity contribution >= 4 is 16.9 Å². The van der Waals surface area contributed by atoms with Gasteiger partial charge in [-0.05, 0) is 43.8 Å². The summed E-state index contributed by atoms with van der Waals surface area (Å²) in [5, 5.41) is 3.43. The van der Waals surface area contributed by atoms with Crippen LogP contribution in [-0.2, 0) is 0 Å². The number of likely N-dealkylation sites (tertiary alicyclic amines) is 1. The van der Waals surface area contributed by atoms with E-state index in [0.717, 1.165) is 39.0 Å². The zero-order valence-electron chi connectivity index (χ0n) is 12.8. The Labute approximate surface area is 133 Å². The van der Waals surface area contributed by atoms with E-state index in [1.807, 2.05) is 4.90 Å². The Hall–Kier alpha value is -2.08. The molecule has 2 atom stereocenters. The molecular formula is C17H19FN4O. The average Bonchev–Trinajstić information content (AvgIpc) is 2.92. The van der Waals surface area contributed by atoms with Crippen LogP contribution in [0.3, 0.4) is 0 Å². The molecule has 3 heterocycles. The Morgan fingerprint density at radius 2 is 1.83 bits per heavy atom. The largest absolute Gasteiger partial charge is 0.339 e. The number of rotatable bonds is 1. The van der Waals surface area contributed by atoms with Crippen LogP contribution in [0.4, 0.5) is 4.39 Å². The molecule has 2 aliphatic heterocycles. The van der Waals surface area contributed by atoms with Crippen LogP contribution < -0.4 is 5.32 Å². The molecule has 0 radical (unpaired) electrons. The Bertz CT molecular complexity index is 736. The maximum absolute atomic E-state index is 13.8. The molecule has 5 nitrogen and oxygen atoms in total. The molecule has 2 saturated heterocycles. The fourth-order valence-electron chi connectivity index (χ4n) is 3.80. The quantitative estimate of drug-likeness (QED) is 0.872. The number of amides is 1. The molecule has 1 aromatic carbocycles. The van der Waals surface area contributed by atoms with Crippen molar-refractivity contribution in [3.05, 3.63) is 35.9 Å². The first kappa shape index (κ1) is 14.5. The zero-order valence-corrected chi connectivity index (χ0v) is 12.8. The lowest BCUT2D eigenvalue weighted by atomic mass is 9.92. The highest BCUT2D eigenvalue weighted by Gasteiger charge is 2.32. The lowest BCUT2D eigenvalue weighted by Gasteiger charge is -2.21. The number of carbonyl (C=O) groups excluding carboxylic acids is 1. The molecule has 23 heavy (non-hydrogen) atoms. The van der Waals surface area contributed by atoms with E-state index in [1.54, 1.807) is 0 Å². The standard InChI is InChI=1S/C17H19FN4O/c18-13-7-14(16-15(8-13)20-3-4-21-16)17(23)22-5-1-11-9-19-10-12(11)2-6-22/h3-4,7-8,11-12,19H,1-2,5-6,9-10H2/t11-,12+. The summed E-state index contributed by atoms with van der Waals surface area (Å²) in [6, 6.07) is 2.60. The fourth-order valence-corrected chi connectivity index (χ4v) is 3.80. The van der Waals surface area contributed by atoms with Crippen molar-refractivity contribution in [3.8, 4) is 0 Å². The Kier molecular flexibility index (Phi) is 3.69. The SMILES string of the molecule is O=C(c1cc(F)cc2nccnc12)N1CC[C@@H]2CNC[C@@H]2CC1. The number of halogens is 1. The highest BCUT2D eigenvalue weighted by atomic mass is 19.1. The maximum Gasteiger partial charge on any atom is 0.256 e. The van der Waals surface area contributed by atoms with Crippen molar-refractivity contribution in [2.45, 2.75) is 12.8 Å². The minimum absolute atomic E-state index is 0.136. The minimum Gasteiger partial charge on any atom is -0.339 e. The first-order valence-corrected chi connectivity index (χ1v) is 8.12. The summed E-state index contributed by atoms with van der Waals surface area (Å²) in [6.45, 7) is 3.53. The van der Waals surface area contributed by atoms with E-state index in [1.165, 1.54) is 24.5 Å². The third-order valence-corrected chi connectivity index (χ3v) is 5.08. The molecule has 1 amide bonds.